The number of hydrazone groups is 1. The van der Waals surface area contributed by atoms with Crippen molar-refractivity contribution in [3.8, 4) is 0 Å². The minimum Gasteiger partial charge on any atom is -0.368 e. The molecule has 3 nitrogen and oxygen atoms in total. The SMILES string of the molecule is OC1NN=Cc2ccccc21. The molecule has 3 heteroatoms. The van der Waals surface area contributed by atoms with Gasteiger partial charge in [0.25, 0.3) is 0 Å². The highest BCUT2D eigenvalue weighted by Crippen LogP contribution is 2.16. The predicted octanol–water partition coefficient (Wildman–Crippen LogP) is 0.615. The van der Waals surface area contributed by atoms with E-state index in [2.05, 4.69) is 10.5 Å². The van der Waals surface area contributed by atoms with E-state index in [0.29, 0.717) is 0 Å². The lowest BCUT2D eigenvalue weighted by molar-refractivity contribution is 0.139. The van der Waals surface area contributed by atoms with Crippen LogP contribution < -0.4 is 5.43 Å². The van der Waals surface area contributed by atoms with Crippen LogP contribution in [0.15, 0.2) is 29.4 Å². The average molecular weight is 148 g/mol. The van der Waals surface area contributed by atoms with Crippen molar-refractivity contribution in [3.63, 3.8) is 0 Å². The van der Waals surface area contributed by atoms with Crippen molar-refractivity contribution in [3.05, 3.63) is 35.4 Å². The van der Waals surface area contributed by atoms with Crippen LogP contribution in [0.3, 0.4) is 0 Å². The third kappa shape index (κ3) is 0.991. The maximum Gasteiger partial charge on any atom is 0.166 e. The number of fused-ring (bicyclic) bond motifs is 1. The first-order valence-electron chi connectivity index (χ1n) is 3.43. The van der Waals surface area contributed by atoms with Gasteiger partial charge >= 0.3 is 0 Å². The van der Waals surface area contributed by atoms with Crippen LogP contribution in [0.25, 0.3) is 0 Å². The average Bonchev–Trinajstić information content (AvgIpc) is 2.06. The second-order valence-electron chi connectivity index (χ2n) is 2.42. The summed E-state index contributed by atoms with van der Waals surface area (Å²) >= 11 is 0. The molecule has 56 valence electrons. The molecule has 0 aromatic heterocycles. The Kier molecular flexibility index (Phi) is 1.36. The fraction of sp³-hybridized carbons (Fsp3) is 0.125. The molecule has 2 rings (SSSR count). The predicted molar refractivity (Wildman–Crippen MR) is 42.1 cm³/mol. The first kappa shape index (κ1) is 6.37. The minimum absolute atomic E-state index is 0.656. The van der Waals surface area contributed by atoms with Crippen LogP contribution in [0, 0.1) is 0 Å². The van der Waals surface area contributed by atoms with Gasteiger partial charge in [0.05, 0.1) is 6.21 Å². The Morgan fingerprint density at radius 2 is 2.18 bits per heavy atom. The standard InChI is InChI=1S/C8H8N2O/c11-8-7-4-2-1-3-6(7)5-9-10-8/h1-5,8,10-11H. The molecule has 1 aliphatic rings. The molecule has 1 aromatic carbocycles. The van der Waals surface area contributed by atoms with Crippen molar-refractivity contribution < 1.29 is 5.11 Å². The van der Waals surface area contributed by atoms with Gasteiger partial charge in [0.1, 0.15) is 0 Å². The molecule has 0 saturated heterocycles. The van der Waals surface area contributed by atoms with E-state index in [1.807, 2.05) is 24.3 Å². The molecule has 1 aliphatic heterocycles. The molecule has 11 heavy (non-hydrogen) atoms. The summed E-state index contributed by atoms with van der Waals surface area (Å²) in [6, 6.07) is 7.60. The Bertz CT molecular complexity index is 296. The molecule has 2 N–H and O–H groups in total. The molecule has 1 atom stereocenters. The second kappa shape index (κ2) is 2.36. The Balaban J connectivity index is 2.54. The lowest BCUT2D eigenvalue weighted by Gasteiger charge is -2.16. The molecular weight excluding hydrogens is 140 g/mol. The maximum absolute atomic E-state index is 9.34. The minimum atomic E-state index is -0.656. The van der Waals surface area contributed by atoms with Gasteiger partial charge in [0, 0.05) is 11.1 Å². The molecule has 0 radical (unpaired) electrons. The summed E-state index contributed by atoms with van der Waals surface area (Å²) in [5, 5.41) is 13.1. The van der Waals surface area contributed by atoms with Gasteiger partial charge in [-0.3, -0.25) is 5.43 Å². The van der Waals surface area contributed by atoms with Gasteiger partial charge in [0.2, 0.25) is 0 Å². The van der Waals surface area contributed by atoms with Gasteiger partial charge < -0.3 is 5.11 Å². The Morgan fingerprint density at radius 1 is 1.36 bits per heavy atom. The van der Waals surface area contributed by atoms with Gasteiger partial charge in [-0.05, 0) is 0 Å². The summed E-state index contributed by atoms with van der Waals surface area (Å²) < 4.78 is 0. The fourth-order valence-corrected chi connectivity index (χ4v) is 1.12. The normalized spacial score (nSPS) is 20.6. The van der Waals surface area contributed by atoms with Crippen LogP contribution in [0.4, 0.5) is 0 Å². The molecule has 0 saturated carbocycles. The summed E-state index contributed by atoms with van der Waals surface area (Å²) in [5.74, 6) is 0. The molecule has 0 fully saturated rings. The number of hydrogen-bond acceptors (Lipinski definition) is 3. The van der Waals surface area contributed by atoms with E-state index in [1.165, 1.54) is 0 Å². The molecule has 0 bridgehead atoms. The van der Waals surface area contributed by atoms with Crippen molar-refractivity contribution in [2.75, 3.05) is 0 Å². The highest BCUT2D eigenvalue weighted by atomic mass is 16.3. The van der Waals surface area contributed by atoms with E-state index >= 15 is 0 Å². The Labute approximate surface area is 64.4 Å². The third-order valence-corrected chi connectivity index (χ3v) is 1.69. The molecule has 0 aliphatic carbocycles. The van der Waals surface area contributed by atoms with E-state index in [-0.39, 0.29) is 0 Å². The van der Waals surface area contributed by atoms with Crippen LogP contribution >= 0.6 is 0 Å². The van der Waals surface area contributed by atoms with Gasteiger partial charge in [-0.15, -0.1) is 0 Å². The molecule has 1 heterocycles. The lowest BCUT2D eigenvalue weighted by Crippen LogP contribution is -2.20. The summed E-state index contributed by atoms with van der Waals surface area (Å²) in [7, 11) is 0. The summed E-state index contributed by atoms with van der Waals surface area (Å²) in [5.41, 5.74) is 4.41. The number of benzene rings is 1. The maximum atomic E-state index is 9.34. The first-order chi connectivity index (χ1) is 5.38. The van der Waals surface area contributed by atoms with Crippen LogP contribution in [0.2, 0.25) is 0 Å². The van der Waals surface area contributed by atoms with Crippen LogP contribution in [0.5, 0.6) is 0 Å². The highest BCUT2D eigenvalue weighted by Gasteiger charge is 2.12. The number of nitrogens with one attached hydrogen (secondary N) is 1. The molecule has 1 aromatic rings. The van der Waals surface area contributed by atoms with Crippen LogP contribution in [0.1, 0.15) is 17.4 Å². The highest BCUT2D eigenvalue weighted by molar-refractivity contribution is 5.82. The lowest BCUT2D eigenvalue weighted by atomic mass is 10.1. The van der Waals surface area contributed by atoms with Crippen molar-refractivity contribution in [2.24, 2.45) is 5.10 Å². The summed E-state index contributed by atoms with van der Waals surface area (Å²) in [4.78, 5) is 0. The molecular formula is C8H8N2O. The largest absolute Gasteiger partial charge is 0.368 e. The van der Waals surface area contributed by atoms with Crippen LogP contribution in [-0.2, 0) is 0 Å². The summed E-state index contributed by atoms with van der Waals surface area (Å²) in [6.07, 6.45) is 1.04. The van der Waals surface area contributed by atoms with Crippen molar-refractivity contribution >= 4 is 6.21 Å². The zero-order chi connectivity index (χ0) is 7.68. The molecule has 1 unspecified atom stereocenters. The number of rotatable bonds is 0. The third-order valence-electron chi connectivity index (χ3n) is 1.69. The zero-order valence-corrected chi connectivity index (χ0v) is 5.86. The monoisotopic (exact) mass is 148 g/mol. The fourth-order valence-electron chi connectivity index (χ4n) is 1.12. The quantitative estimate of drug-likeness (QED) is 0.566. The smallest absolute Gasteiger partial charge is 0.166 e. The van der Waals surface area contributed by atoms with Gasteiger partial charge in [-0.2, -0.15) is 5.10 Å². The number of hydrogen-bond donors (Lipinski definition) is 2. The summed E-state index contributed by atoms with van der Waals surface area (Å²) in [6.45, 7) is 0. The molecule has 0 spiro atoms. The Hall–Kier alpha value is -1.35. The van der Waals surface area contributed by atoms with E-state index in [1.54, 1.807) is 6.21 Å². The van der Waals surface area contributed by atoms with E-state index in [9.17, 15) is 5.11 Å². The Morgan fingerprint density at radius 3 is 3.00 bits per heavy atom. The topological polar surface area (TPSA) is 44.6 Å². The van der Waals surface area contributed by atoms with E-state index in [0.717, 1.165) is 11.1 Å². The first-order valence-corrected chi connectivity index (χ1v) is 3.43. The van der Waals surface area contributed by atoms with E-state index in [4.69, 9.17) is 0 Å². The zero-order valence-electron chi connectivity index (χ0n) is 5.86. The van der Waals surface area contributed by atoms with Gasteiger partial charge in [0.15, 0.2) is 6.23 Å². The van der Waals surface area contributed by atoms with Gasteiger partial charge in [-0.1, -0.05) is 24.3 Å². The number of aliphatic hydroxyl groups excluding tert-OH is 1. The number of nitrogens with zero attached hydrogens (tertiary/aromatic N) is 1. The molecule has 0 amide bonds. The van der Waals surface area contributed by atoms with Crippen molar-refractivity contribution in [2.45, 2.75) is 6.23 Å². The van der Waals surface area contributed by atoms with Crippen LogP contribution in [-0.4, -0.2) is 11.3 Å². The van der Waals surface area contributed by atoms with Crippen molar-refractivity contribution in [1.82, 2.24) is 5.43 Å². The van der Waals surface area contributed by atoms with Gasteiger partial charge in [-0.25, -0.2) is 0 Å². The van der Waals surface area contributed by atoms with E-state index < -0.39 is 6.23 Å². The number of aliphatic hydroxyl groups is 1. The van der Waals surface area contributed by atoms with Crippen molar-refractivity contribution in [1.29, 1.82) is 0 Å². The second-order valence-corrected chi connectivity index (χ2v) is 2.42.